The zero-order chi connectivity index (χ0) is 14.5. The maximum Gasteiger partial charge on any atom is 0.242 e. The molecule has 0 bridgehead atoms. The Balaban J connectivity index is 2.07. The number of amides is 1. The number of carbonyl (C=O) groups is 1. The Labute approximate surface area is 121 Å². The molecule has 110 valence electrons. The van der Waals surface area contributed by atoms with Crippen LogP contribution in [0.5, 0.6) is 0 Å². The first-order valence-corrected chi connectivity index (χ1v) is 7.19. The molecule has 1 aromatic carbocycles. The molecule has 0 unspecified atom stereocenters. The van der Waals surface area contributed by atoms with E-state index in [-0.39, 0.29) is 18.0 Å². The minimum absolute atomic E-state index is 0.0748. The Morgan fingerprint density at radius 2 is 1.85 bits per heavy atom. The smallest absolute Gasteiger partial charge is 0.242 e. The van der Waals surface area contributed by atoms with Gasteiger partial charge < -0.3 is 10.1 Å². The molecular weight excluding hydrogens is 252 g/mol. The number of hydrogen-bond acceptors (Lipinski definition) is 3. The van der Waals surface area contributed by atoms with Gasteiger partial charge in [-0.25, -0.2) is 0 Å². The summed E-state index contributed by atoms with van der Waals surface area (Å²) in [5, 5.41) is 3.15. The number of carbonyl (C=O) groups excluding carboxylic acids is 1. The van der Waals surface area contributed by atoms with E-state index in [2.05, 4.69) is 12.2 Å². The Morgan fingerprint density at radius 3 is 2.40 bits per heavy atom. The maximum atomic E-state index is 12.5. The second-order valence-electron chi connectivity index (χ2n) is 5.67. The third-order valence-corrected chi connectivity index (χ3v) is 3.73. The SMILES string of the molecule is Cc1ccc([C@H](C(=O)NC2CCOCC2)N(C)C)cc1. The number of aryl methyl sites for hydroxylation is 1. The second-order valence-corrected chi connectivity index (χ2v) is 5.67. The maximum absolute atomic E-state index is 12.5. The van der Waals surface area contributed by atoms with Crippen LogP contribution in [0.3, 0.4) is 0 Å². The summed E-state index contributed by atoms with van der Waals surface area (Å²) in [6.07, 6.45) is 1.81. The summed E-state index contributed by atoms with van der Waals surface area (Å²) in [7, 11) is 3.88. The number of hydrogen-bond donors (Lipinski definition) is 1. The molecule has 1 fully saturated rings. The van der Waals surface area contributed by atoms with Crippen molar-refractivity contribution in [3.63, 3.8) is 0 Å². The van der Waals surface area contributed by atoms with Crippen LogP contribution in [-0.2, 0) is 9.53 Å². The van der Waals surface area contributed by atoms with E-state index in [0.29, 0.717) is 0 Å². The summed E-state index contributed by atoms with van der Waals surface area (Å²) in [5.41, 5.74) is 2.24. The number of likely N-dealkylation sites (N-methyl/N-ethyl adjacent to an activating group) is 1. The highest BCUT2D eigenvalue weighted by Crippen LogP contribution is 2.20. The molecule has 4 heteroatoms. The van der Waals surface area contributed by atoms with E-state index < -0.39 is 0 Å². The molecule has 1 saturated heterocycles. The molecule has 20 heavy (non-hydrogen) atoms. The summed E-state index contributed by atoms with van der Waals surface area (Å²) in [4.78, 5) is 14.5. The normalized spacial score (nSPS) is 18.0. The van der Waals surface area contributed by atoms with Crippen molar-refractivity contribution in [1.29, 1.82) is 0 Å². The highest BCUT2D eigenvalue weighted by atomic mass is 16.5. The number of ether oxygens (including phenoxy) is 1. The van der Waals surface area contributed by atoms with Gasteiger partial charge >= 0.3 is 0 Å². The molecule has 0 saturated carbocycles. The van der Waals surface area contributed by atoms with E-state index in [0.717, 1.165) is 31.6 Å². The van der Waals surface area contributed by atoms with Gasteiger partial charge in [-0.1, -0.05) is 29.8 Å². The number of benzene rings is 1. The number of rotatable bonds is 4. The van der Waals surface area contributed by atoms with Crippen molar-refractivity contribution in [3.05, 3.63) is 35.4 Å². The molecule has 0 radical (unpaired) electrons. The van der Waals surface area contributed by atoms with Crippen LogP contribution >= 0.6 is 0 Å². The van der Waals surface area contributed by atoms with Crippen molar-refractivity contribution >= 4 is 5.91 Å². The van der Waals surface area contributed by atoms with E-state index in [9.17, 15) is 4.79 Å². The predicted molar refractivity (Wildman–Crippen MR) is 79.6 cm³/mol. The van der Waals surface area contributed by atoms with E-state index >= 15 is 0 Å². The fraction of sp³-hybridized carbons (Fsp3) is 0.562. The van der Waals surface area contributed by atoms with Crippen LogP contribution in [0.1, 0.15) is 30.0 Å². The molecule has 1 aliphatic rings. The van der Waals surface area contributed by atoms with Crippen molar-refractivity contribution in [2.45, 2.75) is 31.8 Å². The van der Waals surface area contributed by atoms with Gasteiger partial charge in [-0.2, -0.15) is 0 Å². The van der Waals surface area contributed by atoms with Gasteiger partial charge in [-0.3, -0.25) is 9.69 Å². The summed E-state index contributed by atoms with van der Waals surface area (Å²) >= 11 is 0. The van der Waals surface area contributed by atoms with Gasteiger partial charge in [-0.05, 0) is 39.4 Å². The average Bonchev–Trinajstić information content (AvgIpc) is 2.42. The minimum Gasteiger partial charge on any atom is -0.381 e. The Hall–Kier alpha value is -1.39. The highest BCUT2D eigenvalue weighted by molar-refractivity contribution is 5.83. The molecule has 0 aliphatic carbocycles. The van der Waals surface area contributed by atoms with Crippen molar-refractivity contribution in [2.75, 3.05) is 27.3 Å². The van der Waals surface area contributed by atoms with Crippen molar-refractivity contribution in [3.8, 4) is 0 Å². The van der Waals surface area contributed by atoms with Gasteiger partial charge in [-0.15, -0.1) is 0 Å². The third kappa shape index (κ3) is 3.81. The van der Waals surface area contributed by atoms with Gasteiger partial charge in [0.1, 0.15) is 6.04 Å². The lowest BCUT2D eigenvalue weighted by atomic mass is 10.0. The molecule has 1 heterocycles. The van der Waals surface area contributed by atoms with Crippen LogP contribution in [0.4, 0.5) is 0 Å². The molecule has 1 aliphatic heterocycles. The average molecular weight is 276 g/mol. The molecule has 2 rings (SSSR count). The molecular formula is C16H24N2O2. The summed E-state index contributed by atoms with van der Waals surface area (Å²) in [6, 6.07) is 8.16. The van der Waals surface area contributed by atoms with Crippen LogP contribution in [0, 0.1) is 6.92 Å². The van der Waals surface area contributed by atoms with E-state index in [1.54, 1.807) is 0 Å². The van der Waals surface area contributed by atoms with Crippen LogP contribution in [0.2, 0.25) is 0 Å². The molecule has 1 atom stereocenters. The Kier molecular flexibility index (Phi) is 5.15. The van der Waals surface area contributed by atoms with Crippen LogP contribution in [0.25, 0.3) is 0 Å². The lowest BCUT2D eigenvalue weighted by Gasteiger charge is -2.28. The largest absolute Gasteiger partial charge is 0.381 e. The second kappa shape index (κ2) is 6.86. The van der Waals surface area contributed by atoms with Gasteiger partial charge in [0.05, 0.1) is 0 Å². The summed E-state index contributed by atoms with van der Waals surface area (Å²) < 4.78 is 5.33. The van der Waals surface area contributed by atoms with Crippen molar-refractivity contribution in [2.24, 2.45) is 0 Å². The standard InChI is InChI=1S/C16H24N2O2/c1-12-4-6-13(7-5-12)15(18(2)3)16(19)17-14-8-10-20-11-9-14/h4-7,14-15H,8-11H2,1-3H3,(H,17,19)/t15-/m1/s1. The first kappa shape index (κ1) is 15.0. The number of nitrogens with zero attached hydrogens (tertiary/aromatic N) is 1. The van der Waals surface area contributed by atoms with Crippen LogP contribution in [-0.4, -0.2) is 44.2 Å². The molecule has 0 aromatic heterocycles. The molecule has 1 aromatic rings. The van der Waals surface area contributed by atoms with Crippen LogP contribution in [0.15, 0.2) is 24.3 Å². The molecule has 4 nitrogen and oxygen atoms in total. The zero-order valence-corrected chi connectivity index (χ0v) is 12.6. The lowest BCUT2D eigenvalue weighted by Crippen LogP contribution is -2.44. The molecule has 1 amide bonds. The van der Waals surface area contributed by atoms with E-state index in [4.69, 9.17) is 4.74 Å². The van der Waals surface area contributed by atoms with Gasteiger partial charge in [0.25, 0.3) is 0 Å². The van der Waals surface area contributed by atoms with Gasteiger partial charge in [0, 0.05) is 19.3 Å². The quantitative estimate of drug-likeness (QED) is 0.913. The zero-order valence-electron chi connectivity index (χ0n) is 12.6. The fourth-order valence-corrected chi connectivity index (χ4v) is 2.55. The van der Waals surface area contributed by atoms with Crippen LogP contribution < -0.4 is 5.32 Å². The molecule has 0 spiro atoms. The fourth-order valence-electron chi connectivity index (χ4n) is 2.55. The highest BCUT2D eigenvalue weighted by Gasteiger charge is 2.25. The predicted octanol–water partition coefficient (Wildman–Crippen LogP) is 1.89. The number of nitrogens with one attached hydrogen (secondary N) is 1. The lowest BCUT2D eigenvalue weighted by molar-refractivity contribution is -0.127. The minimum atomic E-state index is -0.238. The first-order chi connectivity index (χ1) is 9.58. The van der Waals surface area contributed by atoms with Crippen molar-refractivity contribution < 1.29 is 9.53 Å². The Bertz CT molecular complexity index is 436. The molecule has 1 N–H and O–H groups in total. The third-order valence-electron chi connectivity index (χ3n) is 3.73. The van der Waals surface area contributed by atoms with E-state index in [1.165, 1.54) is 5.56 Å². The van der Waals surface area contributed by atoms with Gasteiger partial charge in [0.15, 0.2) is 0 Å². The Morgan fingerprint density at radius 1 is 1.25 bits per heavy atom. The van der Waals surface area contributed by atoms with Gasteiger partial charge in [0.2, 0.25) is 5.91 Å². The summed E-state index contributed by atoms with van der Waals surface area (Å²) in [6.45, 7) is 3.53. The summed E-state index contributed by atoms with van der Waals surface area (Å²) in [5.74, 6) is 0.0748. The van der Waals surface area contributed by atoms with E-state index in [1.807, 2.05) is 43.3 Å². The first-order valence-electron chi connectivity index (χ1n) is 7.19. The monoisotopic (exact) mass is 276 g/mol. The van der Waals surface area contributed by atoms with Crippen molar-refractivity contribution in [1.82, 2.24) is 10.2 Å². The topological polar surface area (TPSA) is 41.6 Å².